The van der Waals surface area contributed by atoms with E-state index in [1.54, 1.807) is 31.2 Å². The first-order valence-corrected chi connectivity index (χ1v) is 6.97. The number of nitriles is 1. The Morgan fingerprint density at radius 3 is 2.55 bits per heavy atom. The predicted octanol–water partition coefficient (Wildman–Crippen LogP) is 2.99. The molecule has 1 aliphatic carbocycles. The largest absolute Gasteiger partial charge is 0.496 e. The van der Waals surface area contributed by atoms with Gasteiger partial charge in [-0.1, -0.05) is 31.4 Å². The molecule has 1 fully saturated rings. The minimum absolute atomic E-state index is 0.147. The van der Waals surface area contributed by atoms with E-state index in [2.05, 4.69) is 6.07 Å². The van der Waals surface area contributed by atoms with Crippen molar-refractivity contribution in [3.8, 4) is 11.8 Å². The molecule has 1 aromatic rings. The number of carbonyl (C=O) groups is 1. The second-order valence-electron chi connectivity index (χ2n) is 5.27. The summed E-state index contributed by atoms with van der Waals surface area (Å²) < 4.78 is 5.24. The number of ether oxygens (including phenoxy) is 1. The van der Waals surface area contributed by atoms with Gasteiger partial charge in [0.1, 0.15) is 11.3 Å². The van der Waals surface area contributed by atoms with Crippen LogP contribution in [0.15, 0.2) is 24.3 Å². The molecule has 20 heavy (non-hydrogen) atoms. The van der Waals surface area contributed by atoms with E-state index in [0.717, 1.165) is 32.1 Å². The van der Waals surface area contributed by atoms with Crippen molar-refractivity contribution < 1.29 is 9.53 Å². The maximum atomic E-state index is 12.7. The number of nitrogens with zero attached hydrogens (tertiary/aromatic N) is 2. The van der Waals surface area contributed by atoms with Crippen molar-refractivity contribution in [3.63, 3.8) is 0 Å². The fraction of sp³-hybridized carbons (Fsp3) is 0.500. The Hall–Kier alpha value is -2.02. The molecule has 106 valence electrons. The van der Waals surface area contributed by atoms with E-state index in [1.165, 1.54) is 0 Å². The minimum atomic E-state index is -0.670. The molecule has 1 amide bonds. The van der Waals surface area contributed by atoms with Crippen molar-refractivity contribution in [2.24, 2.45) is 0 Å². The van der Waals surface area contributed by atoms with Gasteiger partial charge in [0.2, 0.25) is 0 Å². The maximum Gasteiger partial charge on any atom is 0.258 e. The summed E-state index contributed by atoms with van der Waals surface area (Å²) in [5.74, 6) is 0.402. The second kappa shape index (κ2) is 5.96. The van der Waals surface area contributed by atoms with Gasteiger partial charge in [0.25, 0.3) is 5.91 Å². The Morgan fingerprint density at radius 1 is 1.30 bits per heavy atom. The number of amides is 1. The molecule has 4 heteroatoms. The molecule has 0 radical (unpaired) electrons. The highest BCUT2D eigenvalue weighted by molar-refractivity contribution is 5.97. The highest BCUT2D eigenvalue weighted by atomic mass is 16.5. The van der Waals surface area contributed by atoms with Crippen molar-refractivity contribution >= 4 is 5.91 Å². The molecule has 0 aliphatic heterocycles. The summed E-state index contributed by atoms with van der Waals surface area (Å²) in [6.45, 7) is 0. The molecule has 0 heterocycles. The average molecular weight is 272 g/mol. The van der Waals surface area contributed by atoms with Gasteiger partial charge in [-0.3, -0.25) is 4.79 Å². The van der Waals surface area contributed by atoms with E-state index in [1.807, 2.05) is 12.1 Å². The summed E-state index contributed by atoms with van der Waals surface area (Å²) in [5.41, 5.74) is -0.159. The van der Waals surface area contributed by atoms with Crippen LogP contribution >= 0.6 is 0 Å². The summed E-state index contributed by atoms with van der Waals surface area (Å²) in [5, 5.41) is 9.56. The van der Waals surface area contributed by atoms with Crippen molar-refractivity contribution in [1.82, 2.24) is 4.90 Å². The van der Waals surface area contributed by atoms with E-state index in [-0.39, 0.29) is 5.91 Å². The summed E-state index contributed by atoms with van der Waals surface area (Å²) in [4.78, 5) is 14.3. The molecule has 0 aromatic heterocycles. The van der Waals surface area contributed by atoms with Crippen LogP contribution in [0.3, 0.4) is 0 Å². The Kier molecular flexibility index (Phi) is 4.29. The van der Waals surface area contributed by atoms with Crippen LogP contribution in [0.5, 0.6) is 5.75 Å². The molecular weight excluding hydrogens is 252 g/mol. The molecule has 0 atom stereocenters. The summed E-state index contributed by atoms with van der Waals surface area (Å²) >= 11 is 0. The first kappa shape index (κ1) is 14.4. The Labute approximate surface area is 120 Å². The predicted molar refractivity (Wildman–Crippen MR) is 76.5 cm³/mol. The van der Waals surface area contributed by atoms with Crippen LogP contribution in [0.1, 0.15) is 42.5 Å². The molecule has 0 bridgehead atoms. The second-order valence-corrected chi connectivity index (χ2v) is 5.27. The lowest BCUT2D eigenvalue weighted by molar-refractivity contribution is 0.0586. The van der Waals surface area contributed by atoms with E-state index in [4.69, 9.17) is 4.74 Å². The molecule has 1 aromatic carbocycles. The number of rotatable bonds is 3. The van der Waals surface area contributed by atoms with Gasteiger partial charge in [-0.25, -0.2) is 0 Å². The third-order valence-corrected chi connectivity index (χ3v) is 4.17. The first-order valence-electron chi connectivity index (χ1n) is 6.97. The lowest BCUT2D eigenvalue weighted by Crippen LogP contribution is -2.49. The Bertz CT molecular complexity index is 528. The monoisotopic (exact) mass is 272 g/mol. The van der Waals surface area contributed by atoms with Crippen molar-refractivity contribution in [2.75, 3.05) is 14.2 Å². The molecule has 1 aliphatic rings. The van der Waals surface area contributed by atoms with Crippen LogP contribution in [-0.2, 0) is 0 Å². The third kappa shape index (κ3) is 2.49. The van der Waals surface area contributed by atoms with Crippen LogP contribution in [0, 0.1) is 11.3 Å². The van der Waals surface area contributed by atoms with Crippen molar-refractivity contribution in [3.05, 3.63) is 29.8 Å². The van der Waals surface area contributed by atoms with Crippen LogP contribution in [-0.4, -0.2) is 30.5 Å². The van der Waals surface area contributed by atoms with Crippen LogP contribution in [0.4, 0.5) is 0 Å². The van der Waals surface area contributed by atoms with Gasteiger partial charge in [-0.05, 0) is 25.0 Å². The van der Waals surface area contributed by atoms with Gasteiger partial charge >= 0.3 is 0 Å². The lowest BCUT2D eigenvalue weighted by Gasteiger charge is -2.39. The first-order chi connectivity index (χ1) is 9.64. The minimum Gasteiger partial charge on any atom is -0.496 e. The van der Waals surface area contributed by atoms with Crippen molar-refractivity contribution in [1.29, 1.82) is 5.26 Å². The standard InChI is InChI=1S/C16H20N2O2/c1-18(16(12-17)10-6-3-7-11-16)15(19)13-8-4-5-9-14(13)20-2/h4-5,8-9H,3,6-7,10-11H2,1-2H3. The highest BCUT2D eigenvalue weighted by Crippen LogP contribution is 2.34. The number of hydrogen-bond acceptors (Lipinski definition) is 3. The summed E-state index contributed by atoms with van der Waals surface area (Å²) in [6.07, 6.45) is 4.64. The number of hydrogen-bond donors (Lipinski definition) is 0. The van der Waals surface area contributed by atoms with Crippen molar-refractivity contribution in [2.45, 2.75) is 37.6 Å². The maximum absolute atomic E-state index is 12.7. The SMILES string of the molecule is COc1ccccc1C(=O)N(C)C1(C#N)CCCCC1. The zero-order chi connectivity index (χ0) is 14.6. The number of para-hydroxylation sites is 1. The van der Waals surface area contributed by atoms with E-state index in [0.29, 0.717) is 11.3 Å². The Morgan fingerprint density at radius 2 is 1.95 bits per heavy atom. The topological polar surface area (TPSA) is 53.3 Å². The van der Waals surface area contributed by atoms with Gasteiger partial charge in [-0.2, -0.15) is 5.26 Å². The summed E-state index contributed by atoms with van der Waals surface area (Å²) in [6, 6.07) is 9.51. The molecule has 0 N–H and O–H groups in total. The summed E-state index contributed by atoms with van der Waals surface area (Å²) in [7, 11) is 3.27. The molecule has 0 saturated heterocycles. The number of carbonyl (C=O) groups excluding carboxylic acids is 1. The van der Waals surface area contributed by atoms with Crippen LogP contribution in [0.2, 0.25) is 0 Å². The molecular formula is C16H20N2O2. The zero-order valence-electron chi connectivity index (χ0n) is 12.1. The zero-order valence-corrected chi connectivity index (χ0v) is 12.1. The normalized spacial score (nSPS) is 17.1. The van der Waals surface area contributed by atoms with Crippen LogP contribution in [0.25, 0.3) is 0 Å². The molecule has 2 rings (SSSR count). The number of methoxy groups -OCH3 is 1. The fourth-order valence-corrected chi connectivity index (χ4v) is 2.86. The lowest BCUT2D eigenvalue weighted by atomic mass is 9.81. The van der Waals surface area contributed by atoms with Gasteiger partial charge in [0.05, 0.1) is 18.7 Å². The molecule has 1 saturated carbocycles. The van der Waals surface area contributed by atoms with E-state index >= 15 is 0 Å². The molecule has 0 unspecified atom stereocenters. The van der Waals surface area contributed by atoms with E-state index in [9.17, 15) is 10.1 Å². The number of benzene rings is 1. The van der Waals surface area contributed by atoms with Gasteiger partial charge in [0.15, 0.2) is 0 Å². The van der Waals surface area contributed by atoms with Gasteiger partial charge < -0.3 is 9.64 Å². The third-order valence-electron chi connectivity index (χ3n) is 4.17. The quantitative estimate of drug-likeness (QED) is 0.850. The average Bonchev–Trinajstić information content (AvgIpc) is 2.54. The van der Waals surface area contributed by atoms with Gasteiger partial charge in [-0.15, -0.1) is 0 Å². The fourth-order valence-electron chi connectivity index (χ4n) is 2.86. The molecule has 0 spiro atoms. The van der Waals surface area contributed by atoms with E-state index < -0.39 is 5.54 Å². The van der Waals surface area contributed by atoms with Gasteiger partial charge in [0, 0.05) is 7.05 Å². The Balaban J connectivity index is 2.30. The highest BCUT2D eigenvalue weighted by Gasteiger charge is 2.39. The molecule has 4 nitrogen and oxygen atoms in total. The smallest absolute Gasteiger partial charge is 0.258 e. The van der Waals surface area contributed by atoms with Crippen LogP contribution < -0.4 is 4.74 Å².